The molecule has 1 aromatic rings. The highest BCUT2D eigenvalue weighted by atomic mass is 35.5. The van der Waals surface area contributed by atoms with Crippen LogP contribution < -0.4 is 14.6 Å². The monoisotopic (exact) mass is 414 g/mol. The molecule has 1 saturated heterocycles. The molecule has 1 amide bonds. The van der Waals surface area contributed by atoms with E-state index in [-0.39, 0.29) is 18.9 Å². The lowest BCUT2D eigenvalue weighted by Gasteiger charge is -2.14. The third kappa shape index (κ3) is 4.90. The molecule has 0 spiro atoms. The fraction of sp³-hybridized carbons (Fsp3) is 0.353. The van der Waals surface area contributed by atoms with E-state index in [1.54, 1.807) is 18.2 Å². The summed E-state index contributed by atoms with van der Waals surface area (Å²) < 4.78 is 11.2. The molecular weight excluding hydrogens is 398 g/mol. The van der Waals surface area contributed by atoms with Gasteiger partial charge in [-0.1, -0.05) is 42.5 Å². The summed E-state index contributed by atoms with van der Waals surface area (Å²) in [5, 5.41) is 11.0. The van der Waals surface area contributed by atoms with Crippen molar-refractivity contribution in [3.05, 3.63) is 27.6 Å². The van der Waals surface area contributed by atoms with Gasteiger partial charge in [-0.3, -0.25) is 9.69 Å². The van der Waals surface area contributed by atoms with Gasteiger partial charge in [0.15, 0.2) is 11.5 Å². The van der Waals surface area contributed by atoms with Crippen molar-refractivity contribution in [1.82, 2.24) is 4.90 Å². The number of aliphatic carboxylic acids is 1. The third-order valence-corrected chi connectivity index (χ3v) is 5.07. The zero-order chi connectivity index (χ0) is 19.3. The summed E-state index contributed by atoms with van der Waals surface area (Å²) in [7, 11) is 1.51. The number of benzene rings is 1. The van der Waals surface area contributed by atoms with Crippen molar-refractivity contribution in [2.75, 3.05) is 20.3 Å². The Morgan fingerprint density at radius 2 is 2.19 bits per heavy atom. The number of ether oxygens (including phenoxy) is 2. The number of carbonyl (C=O) groups is 2. The van der Waals surface area contributed by atoms with Crippen molar-refractivity contribution in [3.8, 4) is 11.5 Å². The molecule has 0 N–H and O–H groups in total. The average molecular weight is 415 g/mol. The Morgan fingerprint density at radius 1 is 1.46 bits per heavy atom. The molecule has 1 aliphatic rings. The summed E-state index contributed by atoms with van der Waals surface area (Å²) >= 11 is 12.5. The maximum Gasteiger partial charge on any atom is 0.266 e. The molecule has 0 radical (unpaired) electrons. The topological polar surface area (TPSA) is 78.9 Å². The first kappa shape index (κ1) is 20.5. The lowest BCUT2D eigenvalue weighted by atomic mass is 10.1. The van der Waals surface area contributed by atoms with E-state index in [4.69, 9.17) is 33.3 Å². The van der Waals surface area contributed by atoms with Crippen molar-refractivity contribution in [3.63, 3.8) is 0 Å². The lowest BCUT2D eigenvalue weighted by Crippen LogP contribution is -2.33. The van der Waals surface area contributed by atoms with E-state index >= 15 is 0 Å². The van der Waals surface area contributed by atoms with Crippen molar-refractivity contribution in [1.29, 1.82) is 0 Å². The summed E-state index contributed by atoms with van der Waals surface area (Å²) in [5.41, 5.74) is 0.649. The maximum atomic E-state index is 12.4. The molecule has 140 valence electrons. The van der Waals surface area contributed by atoms with Crippen LogP contribution in [0.25, 0.3) is 6.08 Å². The van der Waals surface area contributed by atoms with Gasteiger partial charge in [0, 0.05) is 18.9 Å². The van der Waals surface area contributed by atoms with Gasteiger partial charge in [0.2, 0.25) is 0 Å². The smallest absolute Gasteiger partial charge is 0.266 e. The van der Waals surface area contributed by atoms with E-state index in [1.807, 2.05) is 6.92 Å². The van der Waals surface area contributed by atoms with Crippen LogP contribution in [-0.2, 0) is 9.59 Å². The number of thioether (sulfide) groups is 1. The molecule has 2 rings (SSSR count). The third-order valence-electron chi connectivity index (χ3n) is 3.41. The molecule has 9 heteroatoms. The summed E-state index contributed by atoms with van der Waals surface area (Å²) in [6, 6.07) is 3.38. The van der Waals surface area contributed by atoms with Crippen LogP contribution in [0.4, 0.5) is 0 Å². The first-order valence-electron chi connectivity index (χ1n) is 7.83. The molecule has 0 saturated carbocycles. The molecule has 1 aromatic carbocycles. The van der Waals surface area contributed by atoms with E-state index in [0.29, 0.717) is 37.9 Å². The van der Waals surface area contributed by atoms with Gasteiger partial charge in [0.1, 0.15) is 4.32 Å². The van der Waals surface area contributed by atoms with Gasteiger partial charge in [-0.05, 0) is 30.2 Å². The number of thiocarbonyl (C=S) groups is 1. The van der Waals surface area contributed by atoms with E-state index in [9.17, 15) is 14.7 Å². The summed E-state index contributed by atoms with van der Waals surface area (Å²) in [4.78, 5) is 24.7. The normalized spacial score (nSPS) is 15.7. The van der Waals surface area contributed by atoms with Gasteiger partial charge < -0.3 is 19.4 Å². The Bertz CT molecular complexity index is 766. The Hall–Kier alpha value is -1.77. The number of carboxylic acid groups (broad SMARTS) is 1. The minimum Gasteiger partial charge on any atom is -0.550 e. The zero-order valence-electron chi connectivity index (χ0n) is 14.2. The van der Waals surface area contributed by atoms with E-state index in [1.165, 1.54) is 12.0 Å². The highest BCUT2D eigenvalue weighted by Crippen LogP contribution is 2.39. The molecule has 0 bridgehead atoms. The van der Waals surface area contributed by atoms with Crippen LogP contribution in [-0.4, -0.2) is 41.4 Å². The molecular formula is C17H17ClNO5S2-. The molecule has 1 heterocycles. The molecule has 26 heavy (non-hydrogen) atoms. The van der Waals surface area contributed by atoms with Crippen LogP contribution in [0.3, 0.4) is 0 Å². The first-order chi connectivity index (χ1) is 12.4. The van der Waals surface area contributed by atoms with Gasteiger partial charge in [0.25, 0.3) is 5.91 Å². The second-order valence-corrected chi connectivity index (χ2v) is 7.42. The van der Waals surface area contributed by atoms with Crippen LogP contribution in [0.1, 0.15) is 25.3 Å². The maximum absolute atomic E-state index is 12.4. The van der Waals surface area contributed by atoms with Crippen molar-refractivity contribution in [2.45, 2.75) is 19.8 Å². The number of halogens is 1. The Balaban J connectivity index is 2.26. The second kappa shape index (κ2) is 9.25. The van der Waals surface area contributed by atoms with E-state index in [0.717, 1.165) is 18.2 Å². The fourth-order valence-electron chi connectivity index (χ4n) is 2.21. The van der Waals surface area contributed by atoms with Crippen LogP contribution in [0, 0.1) is 0 Å². The molecule has 0 aromatic heterocycles. The molecule has 0 atom stereocenters. The standard InChI is InChI=1S/C17H18ClNO5S2/c1-3-6-24-15-11(18)7-10(8-12(15)23-2)9-13-16(22)19(17(25)26-13)5-4-14(20)21/h7-9H,3-6H2,1-2H3,(H,20,21)/p-1/b13-9-. The van der Waals surface area contributed by atoms with Crippen molar-refractivity contribution < 1.29 is 24.2 Å². The lowest BCUT2D eigenvalue weighted by molar-refractivity contribution is -0.305. The number of rotatable bonds is 8. The fourth-order valence-corrected chi connectivity index (χ4v) is 3.80. The van der Waals surface area contributed by atoms with Gasteiger partial charge in [-0.25, -0.2) is 0 Å². The van der Waals surface area contributed by atoms with Crippen molar-refractivity contribution >= 4 is 57.9 Å². The molecule has 0 unspecified atom stereocenters. The van der Waals surface area contributed by atoms with Gasteiger partial charge >= 0.3 is 0 Å². The predicted octanol–water partition coefficient (Wildman–Crippen LogP) is 2.48. The Morgan fingerprint density at radius 3 is 2.81 bits per heavy atom. The number of methoxy groups -OCH3 is 1. The zero-order valence-corrected chi connectivity index (χ0v) is 16.6. The first-order valence-corrected chi connectivity index (χ1v) is 9.43. The minimum atomic E-state index is -1.23. The van der Waals surface area contributed by atoms with Crippen LogP contribution in [0.5, 0.6) is 11.5 Å². The number of hydrogen-bond donors (Lipinski definition) is 0. The molecule has 6 nitrogen and oxygen atoms in total. The minimum absolute atomic E-state index is 0.0157. The molecule has 1 aliphatic heterocycles. The highest BCUT2D eigenvalue weighted by molar-refractivity contribution is 8.26. The number of amides is 1. The quantitative estimate of drug-likeness (QED) is 0.477. The Kier molecular flexibility index (Phi) is 7.31. The Labute approximate surface area is 166 Å². The second-order valence-electron chi connectivity index (χ2n) is 5.34. The van der Waals surface area contributed by atoms with E-state index in [2.05, 4.69) is 0 Å². The van der Waals surface area contributed by atoms with E-state index < -0.39 is 5.97 Å². The summed E-state index contributed by atoms with van der Waals surface area (Å²) in [6.45, 7) is 2.47. The highest BCUT2D eigenvalue weighted by Gasteiger charge is 2.31. The van der Waals surface area contributed by atoms with Crippen molar-refractivity contribution in [2.24, 2.45) is 0 Å². The van der Waals surface area contributed by atoms with Crippen LogP contribution >= 0.6 is 35.6 Å². The summed E-state index contributed by atoms with van der Waals surface area (Å²) in [5.74, 6) is -0.663. The summed E-state index contributed by atoms with van der Waals surface area (Å²) in [6.07, 6.45) is 2.19. The van der Waals surface area contributed by atoms with Crippen LogP contribution in [0.2, 0.25) is 5.02 Å². The largest absolute Gasteiger partial charge is 0.550 e. The SMILES string of the molecule is CCCOc1c(Cl)cc(/C=C2\SC(=S)N(CCC(=O)[O-])C2=O)cc1OC. The number of carboxylic acids is 1. The number of hydrogen-bond acceptors (Lipinski definition) is 7. The predicted molar refractivity (Wildman–Crippen MR) is 103 cm³/mol. The number of carbonyl (C=O) groups excluding carboxylic acids is 2. The molecule has 1 fully saturated rings. The van der Waals surface area contributed by atoms with Gasteiger partial charge in [0.05, 0.1) is 23.6 Å². The van der Waals surface area contributed by atoms with Gasteiger partial charge in [-0.2, -0.15) is 0 Å². The van der Waals surface area contributed by atoms with Gasteiger partial charge in [-0.15, -0.1) is 0 Å². The number of nitrogens with zero attached hydrogens (tertiary/aromatic N) is 1. The average Bonchev–Trinajstić information content (AvgIpc) is 2.85. The molecule has 0 aliphatic carbocycles. The van der Waals surface area contributed by atoms with Crippen LogP contribution in [0.15, 0.2) is 17.0 Å².